The van der Waals surface area contributed by atoms with E-state index in [1.807, 2.05) is 0 Å². The van der Waals surface area contributed by atoms with Crippen LogP contribution in [0.4, 0.5) is 24.7 Å². The van der Waals surface area contributed by atoms with Gasteiger partial charge in [-0.25, -0.2) is 15.0 Å². The van der Waals surface area contributed by atoms with Crippen LogP contribution in [0.15, 0.2) is 46.2 Å². The van der Waals surface area contributed by atoms with E-state index in [0.717, 1.165) is 12.1 Å². The van der Waals surface area contributed by atoms with E-state index in [-0.39, 0.29) is 30.1 Å². The summed E-state index contributed by atoms with van der Waals surface area (Å²) in [5, 5.41) is 3.92. The molecule has 148 valence electrons. The number of halogens is 3. The number of ketones is 1. The molecule has 10 heteroatoms. The van der Waals surface area contributed by atoms with E-state index in [4.69, 9.17) is 10.3 Å². The molecule has 7 nitrogen and oxygen atoms in total. The van der Waals surface area contributed by atoms with Gasteiger partial charge in [-0.3, -0.25) is 4.79 Å². The molecular weight excluding hydrogens is 387 g/mol. The van der Waals surface area contributed by atoms with E-state index >= 15 is 0 Å². The summed E-state index contributed by atoms with van der Waals surface area (Å²) in [6.45, 7) is 0. The molecule has 4 rings (SSSR count). The third-order valence-electron chi connectivity index (χ3n) is 4.45. The van der Waals surface area contributed by atoms with E-state index in [9.17, 15) is 18.0 Å². The summed E-state index contributed by atoms with van der Waals surface area (Å²) in [7, 11) is 0. The first-order valence-corrected chi connectivity index (χ1v) is 8.64. The number of aliphatic imine (C=N–C) groups is 1. The Balaban J connectivity index is 1.42. The molecule has 0 bridgehead atoms. The van der Waals surface area contributed by atoms with Crippen molar-refractivity contribution in [1.82, 2.24) is 15.1 Å². The lowest BCUT2D eigenvalue weighted by Gasteiger charge is -2.07. The van der Waals surface area contributed by atoms with E-state index in [1.54, 1.807) is 6.07 Å². The largest absolute Gasteiger partial charge is 0.416 e. The Kier molecular flexibility index (Phi) is 4.61. The number of aromatic nitrogens is 3. The van der Waals surface area contributed by atoms with Gasteiger partial charge in [0.05, 0.1) is 22.7 Å². The summed E-state index contributed by atoms with van der Waals surface area (Å²) < 4.78 is 43.9. The number of nitrogen functional groups attached to an aromatic ring is 1. The number of hydrogen-bond donors (Lipinski definition) is 1. The summed E-state index contributed by atoms with van der Waals surface area (Å²) in [6, 6.07) is 6.47. The van der Waals surface area contributed by atoms with Crippen molar-refractivity contribution in [1.29, 1.82) is 0 Å². The first-order valence-electron chi connectivity index (χ1n) is 8.64. The molecule has 0 saturated carbocycles. The van der Waals surface area contributed by atoms with Gasteiger partial charge in [0, 0.05) is 31.4 Å². The minimum absolute atomic E-state index is 0.143. The fourth-order valence-corrected chi connectivity index (χ4v) is 2.98. The molecule has 0 aliphatic carbocycles. The number of carbonyl (C=O) groups is 1. The van der Waals surface area contributed by atoms with Crippen molar-refractivity contribution in [2.75, 3.05) is 5.73 Å². The quantitative estimate of drug-likeness (QED) is 0.655. The predicted octanol–water partition coefficient (Wildman–Crippen LogP) is 3.56. The highest BCUT2D eigenvalue weighted by molar-refractivity contribution is 6.04. The highest BCUT2D eigenvalue weighted by Gasteiger charge is 2.32. The van der Waals surface area contributed by atoms with Gasteiger partial charge < -0.3 is 10.3 Å². The Morgan fingerprint density at radius 2 is 2.00 bits per heavy atom. The van der Waals surface area contributed by atoms with Gasteiger partial charge in [0.2, 0.25) is 0 Å². The molecule has 3 aromatic rings. The van der Waals surface area contributed by atoms with Crippen LogP contribution in [-0.2, 0) is 19.0 Å². The Bertz CT molecular complexity index is 1120. The molecule has 2 N–H and O–H groups in total. The van der Waals surface area contributed by atoms with Crippen molar-refractivity contribution in [3.8, 4) is 0 Å². The number of benzene rings is 1. The van der Waals surface area contributed by atoms with Gasteiger partial charge in [-0.2, -0.15) is 13.2 Å². The molecule has 1 aromatic carbocycles. The summed E-state index contributed by atoms with van der Waals surface area (Å²) in [5.74, 6) is 0.358. The van der Waals surface area contributed by atoms with Gasteiger partial charge in [0.25, 0.3) is 0 Å². The highest BCUT2D eigenvalue weighted by Crippen LogP contribution is 2.36. The lowest BCUT2D eigenvalue weighted by atomic mass is 10.0. The lowest BCUT2D eigenvalue weighted by molar-refractivity contribution is -0.137. The molecule has 0 fully saturated rings. The Hall–Kier alpha value is -3.56. The number of anilines is 1. The zero-order valence-corrected chi connectivity index (χ0v) is 14.9. The topological polar surface area (TPSA) is 107 Å². The number of hydrogen-bond acceptors (Lipinski definition) is 7. The summed E-state index contributed by atoms with van der Waals surface area (Å²) in [5.41, 5.74) is 7.02. The maximum atomic E-state index is 12.9. The van der Waals surface area contributed by atoms with Crippen molar-refractivity contribution in [2.45, 2.75) is 25.4 Å². The van der Waals surface area contributed by atoms with Crippen LogP contribution in [0.1, 0.15) is 39.5 Å². The maximum absolute atomic E-state index is 12.9. The minimum atomic E-state index is -4.40. The number of carbonyl (C=O) groups excluding carboxylic acids is 1. The monoisotopic (exact) mass is 401 g/mol. The van der Waals surface area contributed by atoms with Crippen LogP contribution in [-0.4, -0.2) is 26.6 Å². The van der Waals surface area contributed by atoms with Crippen LogP contribution < -0.4 is 5.73 Å². The number of alkyl halides is 3. The molecule has 1 aliphatic rings. The number of Topliss-reactive ketones (excluding diaryl/α,β-unsaturated/α-hetero) is 1. The smallest absolute Gasteiger partial charge is 0.384 e. The molecule has 0 amide bonds. The average Bonchev–Trinajstić information content (AvgIpc) is 3.31. The van der Waals surface area contributed by atoms with Gasteiger partial charge in [-0.15, -0.1) is 0 Å². The highest BCUT2D eigenvalue weighted by atomic mass is 19.4. The van der Waals surface area contributed by atoms with E-state index in [1.165, 1.54) is 18.5 Å². The molecule has 0 radical (unpaired) electrons. The zero-order valence-electron chi connectivity index (χ0n) is 14.9. The summed E-state index contributed by atoms with van der Waals surface area (Å²) >= 11 is 0. The van der Waals surface area contributed by atoms with Gasteiger partial charge >= 0.3 is 6.18 Å². The molecule has 3 heterocycles. The zero-order chi connectivity index (χ0) is 20.6. The standard InChI is InChI=1S/C19H14F3N5O2/c20-19(21,22)11-1-3-13-10(5-11)6-15(26-13)17-7-12(27-29-17)2-4-16(28)14-8-18(23)25-9-24-14/h1,3,5,7-9H,2,4,6H2,(H2,23,24,25). The van der Waals surface area contributed by atoms with Gasteiger partial charge in [-0.1, -0.05) is 5.16 Å². The van der Waals surface area contributed by atoms with Crippen molar-refractivity contribution >= 4 is 23.0 Å². The molecule has 1 aliphatic heterocycles. The van der Waals surface area contributed by atoms with E-state index in [0.29, 0.717) is 34.8 Å². The number of nitrogens with two attached hydrogens (primary N) is 1. The van der Waals surface area contributed by atoms with Crippen LogP contribution >= 0.6 is 0 Å². The minimum Gasteiger partial charge on any atom is -0.384 e. The molecule has 0 spiro atoms. The van der Waals surface area contributed by atoms with Crippen LogP contribution in [0, 0.1) is 0 Å². The molecule has 0 atom stereocenters. The van der Waals surface area contributed by atoms with Gasteiger partial charge in [-0.05, 0) is 23.8 Å². The number of aryl methyl sites for hydroxylation is 1. The second-order valence-corrected chi connectivity index (χ2v) is 6.51. The lowest BCUT2D eigenvalue weighted by Crippen LogP contribution is -2.06. The number of nitrogens with zero attached hydrogens (tertiary/aromatic N) is 4. The van der Waals surface area contributed by atoms with Crippen LogP contribution in [0.3, 0.4) is 0 Å². The van der Waals surface area contributed by atoms with Gasteiger partial charge in [0.1, 0.15) is 17.8 Å². The summed E-state index contributed by atoms with van der Waals surface area (Å²) in [6.07, 6.45) is -2.52. The Morgan fingerprint density at radius 3 is 2.76 bits per heavy atom. The second-order valence-electron chi connectivity index (χ2n) is 6.51. The molecular formula is C19H14F3N5O2. The molecule has 29 heavy (non-hydrogen) atoms. The fraction of sp³-hybridized carbons (Fsp3) is 0.211. The van der Waals surface area contributed by atoms with Crippen LogP contribution in [0.5, 0.6) is 0 Å². The molecule has 2 aromatic heterocycles. The van der Waals surface area contributed by atoms with Crippen molar-refractivity contribution in [2.24, 2.45) is 4.99 Å². The van der Waals surface area contributed by atoms with Gasteiger partial charge in [0.15, 0.2) is 11.5 Å². The average molecular weight is 401 g/mol. The maximum Gasteiger partial charge on any atom is 0.416 e. The second kappa shape index (κ2) is 7.12. The van der Waals surface area contributed by atoms with Crippen molar-refractivity contribution in [3.63, 3.8) is 0 Å². The molecule has 0 saturated heterocycles. The third-order valence-corrected chi connectivity index (χ3v) is 4.45. The van der Waals surface area contributed by atoms with Crippen molar-refractivity contribution < 1.29 is 22.5 Å². The predicted molar refractivity (Wildman–Crippen MR) is 96.9 cm³/mol. The SMILES string of the molecule is Nc1cc(C(=O)CCc2cc(C3=Nc4ccc(C(F)(F)F)cc4C3)on2)ncn1. The fourth-order valence-electron chi connectivity index (χ4n) is 2.98. The first kappa shape index (κ1) is 18.8. The van der Waals surface area contributed by atoms with Crippen LogP contribution in [0.2, 0.25) is 0 Å². The Labute approximate surface area is 162 Å². The van der Waals surface area contributed by atoms with Crippen molar-refractivity contribution in [3.05, 3.63) is 64.9 Å². The number of rotatable bonds is 5. The van der Waals surface area contributed by atoms with Crippen LogP contribution in [0.25, 0.3) is 0 Å². The number of fused-ring (bicyclic) bond motifs is 1. The Morgan fingerprint density at radius 1 is 1.17 bits per heavy atom. The third kappa shape index (κ3) is 4.00. The van der Waals surface area contributed by atoms with E-state index in [2.05, 4.69) is 20.1 Å². The molecule has 0 unspecified atom stereocenters. The summed E-state index contributed by atoms with van der Waals surface area (Å²) in [4.78, 5) is 24.1. The van der Waals surface area contributed by atoms with E-state index < -0.39 is 11.7 Å². The first-order chi connectivity index (χ1) is 13.8. The normalized spacial score (nSPS) is 13.3.